The maximum absolute atomic E-state index is 12.8. The van der Waals surface area contributed by atoms with Gasteiger partial charge < -0.3 is 20.1 Å². The zero-order valence-corrected chi connectivity index (χ0v) is 61.6. The van der Waals surface area contributed by atoms with E-state index in [-0.39, 0.29) is 38.6 Å². The lowest BCUT2D eigenvalue weighted by Gasteiger charge is -2.19. The number of unbranched alkanes of at least 4 members (excludes halogenated alkanes) is 43. The van der Waals surface area contributed by atoms with Gasteiger partial charge in [0.1, 0.15) is 6.61 Å². The van der Waals surface area contributed by atoms with E-state index in [0.29, 0.717) is 6.42 Å². The normalized spacial score (nSPS) is 13.5. The minimum absolute atomic E-state index is 0.0479. The van der Waals surface area contributed by atoms with Crippen molar-refractivity contribution in [1.29, 1.82) is 0 Å². The molecule has 0 aliphatic carbocycles. The average molecular weight is 1320 g/mol. The van der Waals surface area contributed by atoms with Crippen molar-refractivity contribution in [3.05, 3.63) is 109 Å². The van der Waals surface area contributed by atoms with Crippen molar-refractivity contribution in [2.75, 3.05) is 26.4 Å². The number of carbonyl (C=O) groups is 2. The van der Waals surface area contributed by atoms with Crippen molar-refractivity contribution < 1.29 is 37.6 Å². The molecule has 0 rings (SSSR count). The van der Waals surface area contributed by atoms with E-state index in [2.05, 4.69) is 123 Å². The number of phosphoric acid groups is 1. The molecule has 0 saturated carbocycles. The summed E-state index contributed by atoms with van der Waals surface area (Å²) in [5.41, 5.74) is 5.41. The summed E-state index contributed by atoms with van der Waals surface area (Å²) in [6.07, 6.45) is 108. The highest BCUT2D eigenvalue weighted by molar-refractivity contribution is 7.47. The van der Waals surface area contributed by atoms with Crippen LogP contribution < -0.4 is 5.73 Å². The predicted octanol–water partition coefficient (Wildman–Crippen LogP) is 26.4. The van der Waals surface area contributed by atoms with Crippen LogP contribution in [-0.4, -0.2) is 49.3 Å². The van der Waals surface area contributed by atoms with E-state index in [4.69, 9.17) is 24.3 Å². The van der Waals surface area contributed by atoms with Crippen molar-refractivity contribution >= 4 is 19.8 Å². The molecule has 93 heavy (non-hydrogen) atoms. The molecular formula is C83H148NO8P. The Hall–Kier alpha value is -3.33. The van der Waals surface area contributed by atoms with E-state index >= 15 is 0 Å². The molecule has 0 saturated heterocycles. The quantitative estimate of drug-likeness (QED) is 0.0264. The third-order valence-electron chi connectivity index (χ3n) is 17.2. The lowest BCUT2D eigenvalue weighted by Crippen LogP contribution is -2.29. The van der Waals surface area contributed by atoms with Gasteiger partial charge in [-0.25, -0.2) is 4.57 Å². The first-order valence-corrected chi connectivity index (χ1v) is 40.9. The van der Waals surface area contributed by atoms with Crippen LogP contribution in [0.2, 0.25) is 0 Å². The first-order chi connectivity index (χ1) is 45.8. The zero-order chi connectivity index (χ0) is 67.2. The highest BCUT2D eigenvalue weighted by Crippen LogP contribution is 2.43. The molecule has 0 amide bonds. The number of hydrogen-bond donors (Lipinski definition) is 2. The van der Waals surface area contributed by atoms with E-state index < -0.39 is 26.5 Å². The predicted molar refractivity (Wildman–Crippen MR) is 404 cm³/mol. The molecule has 0 aliphatic rings. The summed E-state index contributed by atoms with van der Waals surface area (Å²) < 4.78 is 33.2. The second kappa shape index (κ2) is 77.7. The Morgan fingerprint density at radius 3 is 0.882 bits per heavy atom. The molecule has 0 aromatic rings. The molecule has 0 radical (unpaired) electrons. The number of ether oxygens (including phenoxy) is 2. The van der Waals surface area contributed by atoms with Crippen LogP contribution in [0.3, 0.4) is 0 Å². The second-order valence-electron chi connectivity index (χ2n) is 26.2. The van der Waals surface area contributed by atoms with Crippen molar-refractivity contribution in [2.45, 2.75) is 380 Å². The Morgan fingerprint density at radius 1 is 0.333 bits per heavy atom. The maximum atomic E-state index is 12.8. The highest BCUT2D eigenvalue weighted by Gasteiger charge is 2.26. The summed E-state index contributed by atoms with van der Waals surface area (Å²) >= 11 is 0. The average Bonchev–Trinajstić information content (AvgIpc) is 3.70. The lowest BCUT2D eigenvalue weighted by molar-refractivity contribution is -0.161. The first kappa shape index (κ1) is 89.7. The van der Waals surface area contributed by atoms with E-state index in [9.17, 15) is 19.0 Å². The van der Waals surface area contributed by atoms with Gasteiger partial charge in [0.25, 0.3) is 0 Å². The number of carbonyl (C=O) groups excluding carboxylic acids is 2. The monoisotopic (exact) mass is 1320 g/mol. The maximum Gasteiger partial charge on any atom is 0.472 e. The smallest absolute Gasteiger partial charge is 0.462 e. The van der Waals surface area contributed by atoms with Gasteiger partial charge in [0, 0.05) is 19.4 Å². The number of nitrogens with two attached hydrogens (primary N) is 1. The Morgan fingerprint density at radius 2 is 0.591 bits per heavy atom. The van der Waals surface area contributed by atoms with Crippen LogP contribution >= 0.6 is 7.82 Å². The van der Waals surface area contributed by atoms with Gasteiger partial charge in [0.2, 0.25) is 0 Å². The van der Waals surface area contributed by atoms with Crippen LogP contribution in [0.15, 0.2) is 109 Å². The van der Waals surface area contributed by atoms with Gasteiger partial charge in [-0.2, -0.15) is 0 Å². The number of rotatable bonds is 74. The van der Waals surface area contributed by atoms with Crippen molar-refractivity contribution in [2.24, 2.45) is 5.73 Å². The molecule has 0 spiro atoms. The lowest BCUT2D eigenvalue weighted by atomic mass is 10.0. The molecule has 0 bridgehead atoms. The van der Waals surface area contributed by atoms with E-state index in [1.54, 1.807) is 0 Å². The molecule has 0 aromatic heterocycles. The number of hydrogen-bond acceptors (Lipinski definition) is 8. The van der Waals surface area contributed by atoms with Crippen molar-refractivity contribution in [3.63, 3.8) is 0 Å². The minimum atomic E-state index is -4.41. The topological polar surface area (TPSA) is 134 Å². The minimum Gasteiger partial charge on any atom is -0.462 e. The zero-order valence-electron chi connectivity index (χ0n) is 60.7. The summed E-state index contributed by atoms with van der Waals surface area (Å²) in [5.74, 6) is -0.831. The van der Waals surface area contributed by atoms with Crippen molar-refractivity contribution in [1.82, 2.24) is 0 Å². The van der Waals surface area contributed by atoms with E-state index in [1.807, 2.05) is 0 Å². The number of allylic oxidation sites excluding steroid dienone is 18. The Labute approximate surface area is 575 Å². The number of esters is 2. The fraction of sp³-hybridized carbons (Fsp3) is 0.759. The van der Waals surface area contributed by atoms with Gasteiger partial charge in [-0.05, 0) is 83.5 Å². The van der Waals surface area contributed by atoms with Gasteiger partial charge in [-0.3, -0.25) is 18.6 Å². The summed E-state index contributed by atoms with van der Waals surface area (Å²) in [5, 5.41) is 0. The summed E-state index contributed by atoms with van der Waals surface area (Å²) in [6.45, 7) is 3.66. The second-order valence-corrected chi connectivity index (χ2v) is 27.7. The summed E-state index contributed by atoms with van der Waals surface area (Å²) in [7, 11) is -4.41. The van der Waals surface area contributed by atoms with E-state index in [0.717, 1.165) is 103 Å². The molecule has 9 nitrogen and oxygen atoms in total. The molecule has 0 aromatic carbocycles. The SMILES string of the molecule is CC/C=C\C/C=C\C/C=C\C/C=C\C/C=C\C/C=C\C/C=C\C/C=C\C/C=C\CCCCCCCCCC(=O)OC(COC(=O)CCCCCCCCCCCCCCCCCCCCCCCCCCCCCCCCCCCCCCC)COP(=O)(O)OCCN. The number of phosphoric ester groups is 1. The van der Waals surface area contributed by atoms with Gasteiger partial charge in [-0.1, -0.05) is 386 Å². The van der Waals surface area contributed by atoms with Crippen LogP contribution in [0, 0.1) is 0 Å². The summed E-state index contributed by atoms with van der Waals surface area (Å²) in [6, 6.07) is 0. The third kappa shape index (κ3) is 77.6. The summed E-state index contributed by atoms with van der Waals surface area (Å²) in [4.78, 5) is 35.4. The Kier molecular flexibility index (Phi) is 74.9. The van der Waals surface area contributed by atoms with Crippen LogP contribution in [0.1, 0.15) is 373 Å². The highest BCUT2D eigenvalue weighted by atomic mass is 31.2. The van der Waals surface area contributed by atoms with Crippen molar-refractivity contribution in [3.8, 4) is 0 Å². The fourth-order valence-electron chi connectivity index (χ4n) is 11.4. The Bertz CT molecular complexity index is 1900. The molecule has 0 fully saturated rings. The van der Waals surface area contributed by atoms with Gasteiger partial charge in [0.05, 0.1) is 13.2 Å². The molecule has 3 N–H and O–H groups in total. The molecule has 538 valence electrons. The molecule has 10 heteroatoms. The van der Waals surface area contributed by atoms with E-state index in [1.165, 1.54) is 238 Å². The molecule has 2 atom stereocenters. The standard InChI is InChI=1S/C83H148NO8P/c1-3-5-7-9-11-13-15-17-19-21-23-25-27-29-31-33-35-37-39-40-42-43-45-47-49-51-53-55-57-59-61-63-65-67-69-71-73-75-82(85)89-79-81(80-91-93(87,88)90-78-77-84)92-83(86)76-74-72-70-68-66-64-62-60-58-56-54-52-50-48-46-44-41-38-36-34-32-30-28-26-24-22-20-18-16-14-12-10-8-6-4-2/h6,8,12,14,18,20,24,26,30,32,36,38,44,46,50,52,56,58,81H,3-5,7,9-11,13,15-17,19,21-23,25,27-29,31,33-35,37,39-43,45,47-49,51,53-55,57,59-80,84H2,1-2H3,(H,87,88)/b8-6-,14-12-,20-18-,26-24-,32-30-,38-36-,46-44-,52-50-,58-56-. The molecular weight excluding hydrogens is 1170 g/mol. The van der Waals surface area contributed by atoms with Gasteiger partial charge >= 0.3 is 19.8 Å². The van der Waals surface area contributed by atoms with Gasteiger partial charge in [0.15, 0.2) is 6.10 Å². The Balaban J connectivity index is 3.85. The largest absolute Gasteiger partial charge is 0.472 e. The van der Waals surface area contributed by atoms with Crippen LogP contribution in [0.5, 0.6) is 0 Å². The molecule has 0 heterocycles. The van der Waals surface area contributed by atoms with Crippen LogP contribution in [0.25, 0.3) is 0 Å². The third-order valence-corrected chi connectivity index (χ3v) is 18.2. The van der Waals surface area contributed by atoms with Gasteiger partial charge in [-0.15, -0.1) is 0 Å². The first-order valence-electron chi connectivity index (χ1n) is 39.4. The van der Waals surface area contributed by atoms with Crippen LogP contribution in [-0.2, 0) is 32.7 Å². The molecule has 2 unspecified atom stereocenters. The van der Waals surface area contributed by atoms with Crippen LogP contribution in [0.4, 0.5) is 0 Å². The molecule has 0 aliphatic heterocycles. The fourth-order valence-corrected chi connectivity index (χ4v) is 12.2.